The highest BCUT2D eigenvalue weighted by molar-refractivity contribution is 5.17. The average Bonchev–Trinajstić information content (AvgIpc) is 3.04. The average molecular weight is 205 g/mol. The molecular weight excluding hydrogens is 190 g/mol. The fraction of sp³-hybridized carbons (Fsp3) is 0.636. The normalized spacial score (nSPS) is 32.1. The molecule has 0 amide bonds. The van der Waals surface area contributed by atoms with Gasteiger partial charge in [0, 0.05) is 37.1 Å². The maximum atomic E-state index is 10.5. The van der Waals surface area contributed by atoms with Crippen LogP contribution in [0, 0.1) is 0 Å². The zero-order chi connectivity index (χ0) is 10.3. The predicted octanol–water partition coefficient (Wildman–Crippen LogP) is 0.532. The second-order valence-corrected chi connectivity index (χ2v) is 4.61. The van der Waals surface area contributed by atoms with Gasteiger partial charge >= 0.3 is 0 Å². The summed E-state index contributed by atoms with van der Waals surface area (Å²) in [5.41, 5.74) is 0.136. The van der Waals surface area contributed by atoms with E-state index >= 15 is 0 Å². The van der Waals surface area contributed by atoms with Crippen LogP contribution in [0.5, 0.6) is 0 Å². The quantitative estimate of drug-likeness (QED) is 0.765. The van der Waals surface area contributed by atoms with E-state index in [-0.39, 0.29) is 0 Å². The molecule has 2 heterocycles. The summed E-state index contributed by atoms with van der Waals surface area (Å²) in [7, 11) is 0. The molecule has 1 unspecified atom stereocenters. The van der Waals surface area contributed by atoms with Gasteiger partial charge in [-0.25, -0.2) is 9.97 Å². The lowest BCUT2D eigenvalue weighted by Gasteiger charge is -2.23. The highest BCUT2D eigenvalue weighted by atomic mass is 16.3. The maximum Gasteiger partial charge on any atom is 0.115 e. The molecule has 4 nitrogen and oxygen atoms in total. The molecular formula is C11H15N3O. The Kier molecular flexibility index (Phi) is 2.00. The molecule has 1 saturated heterocycles. The lowest BCUT2D eigenvalue weighted by Crippen LogP contribution is -2.32. The van der Waals surface area contributed by atoms with Gasteiger partial charge in [-0.3, -0.25) is 4.90 Å². The highest BCUT2D eigenvalue weighted by Crippen LogP contribution is 2.37. The smallest absolute Gasteiger partial charge is 0.115 e. The van der Waals surface area contributed by atoms with E-state index in [1.54, 1.807) is 12.4 Å². The van der Waals surface area contributed by atoms with Gasteiger partial charge in [0.1, 0.15) is 11.9 Å². The first-order chi connectivity index (χ1) is 7.28. The van der Waals surface area contributed by atoms with Crippen molar-refractivity contribution < 1.29 is 5.11 Å². The Morgan fingerprint density at radius 1 is 1.33 bits per heavy atom. The van der Waals surface area contributed by atoms with E-state index < -0.39 is 5.60 Å². The van der Waals surface area contributed by atoms with E-state index in [9.17, 15) is 5.11 Å². The summed E-state index contributed by atoms with van der Waals surface area (Å²) in [6.07, 6.45) is 8.34. The van der Waals surface area contributed by atoms with Gasteiger partial charge < -0.3 is 5.11 Å². The Morgan fingerprint density at radius 3 is 2.73 bits per heavy atom. The van der Waals surface area contributed by atoms with Gasteiger partial charge in [-0.05, 0) is 19.3 Å². The first-order valence-corrected chi connectivity index (χ1v) is 5.50. The van der Waals surface area contributed by atoms with Crippen LogP contribution < -0.4 is 0 Å². The summed E-state index contributed by atoms with van der Waals surface area (Å²) in [6.45, 7) is 1.74. The molecule has 3 rings (SSSR count). The number of rotatable bonds is 2. The summed E-state index contributed by atoms with van der Waals surface area (Å²) in [5, 5.41) is 10.5. The van der Waals surface area contributed by atoms with Crippen LogP contribution in [0.25, 0.3) is 0 Å². The zero-order valence-electron chi connectivity index (χ0n) is 8.63. The molecule has 1 atom stereocenters. The van der Waals surface area contributed by atoms with Gasteiger partial charge in [-0.2, -0.15) is 0 Å². The Labute approximate surface area is 89.0 Å². The van der Waals surface area contributed by atoms with E-state index in [1.807, 2.05) is 0 Å². The maximum absolute atomic E-state index is 10.5. The van der Waals surface area contributed by atoms with Crippen LogP contribution in [0.1, 0.15) is 24.8 Å². The van der Waals surface area contributed by atoms with Crippen molar-refractivity contribution in [3.8, 4) is 0 Å². The molecule has 0 bridgehead atoms. The fourth-order valence-corrected chi connectivity index (χ4v) is 2.35. The summed E-state index contributed by atoms with van der Waals surface area (Å²) in [4.78, 5) is 10.3. The Morgan fingerprint density at radius 2 is 2.07 bits per heavy atom. The second-order valence-electron chi connectivity index (χ2n) is 4.61. The van der Waals surface area contributed by atoms with E-state index in [1.165, 1.54) is 19.2 Å². The van der Waals surface area contributed by atoms with Crippen molar-refractivity contribution in [3.63, 3.8) is 0 Å². The number of aliphatic hydroxyl groups is 1. The number of nitrogens with zero attached hydrogens (tertiary/aromatic N) is 3. The molecule has 0 radical (unpaired) electrons. The Bertz CT molecular complexity index is 352. The molecule has 1 saturated carbocycles. The molecule has 1 aliphatic heterocycles. The van der Waals surface area contributed by atoms with Gasteiger partial charge in [0.05, 0.1) is 0 Å². The van der Waals surface area contributed by atoms with E-state index in [4.69, 9.17) is 0 Å². The third-order valence-electron chi connectivity index (χ3n) is 3.44. The third-order valence-corrected chi connectivity index (χ3v) is 3.44. The molecule has 2 fully saturated rings. The molecule has 1 aromatic rings. The predicted molar refractivity (Wildman–Crippen MR) is 55.1 cm³/mol. The summed E-state index contributed by atoms with van der Waals surface area (Å²) in [6, 6.07) is 0.726. The molecule has 0 spiro atoms. The largest absolute Gasteiger partial charge is 0.384 e. The number of aromatic nitrogens is 2. The molecule has 0 aromatic carbocycles. The molecule has 1 N–H and O–H groups in total. The molecule has 80 valence electrons. The highest BCUT2D eigenvalue weighted by Gasteiger charge is 2.43. The standard InChI is InChI=1S/C11H15N3O/c15-11(9-5-12-8-13-6-9)3-4-14(7-11)10-1-2-10/h5-6,8,10,15H,1-4,7H2. The van der Waals surface area contributed by atoms with Crippen molar-refractivity contribution in [3.05, 3.63) is 24.3 Å². The third kappa shape index (κ3) is 1.64. The topological polar surface area (TPSA) is 49.3 Å². The van der Waals surface area contributed by atoms with Crippen LogP contribution >= 0.6 is 0 Å². The number of likely N-dealkylation sites (tertiary alicyclic amines) is 1. The molecule has 15 heavy (non-hydrogen) atoms. The lowest BCUT2D eigenvalue weighted by molar-refractivity contribution is 0.0445. The molecule has 1 aromatic heterocycles. The lowest BCUT2D eigenvalue weighted by atomic mass is 9.96. The summed E-state index contributed by atoms with van der Waals surface area (Å²) < 4.78 is 0. The van der Waals surface area contributed by atoms with Crippen molar-refractivity contribution >= 4 is 0 Å². The van der Waals surface area contributed by atoms with Crippen LogP contribution in [0.2, 0.25) is 0 Å². The van der Waals surface area contributed by atoms with E-state index in [2.05, 4.69) is 14.9 Å². The van der Waals surface area contributed by atoms with Crippen LogP contribution in [0.4, 0.5) is 0 Å². The Balaban J connectivity index is 1.80. The van der Waals surface area contributed by atoms with Crippen molar-refractivity contribution in [1.29, 1.82) is 0 Å². The van der Waals surface area contributed by atoms with Gasteiger partial charge in [0.25, 0.3) is 0 Å². The minimum Gasteiger partial charge on any atom is -0.384 e. The van der Waals surface area contributed by atoms with Crippen LogP contribution in [0.15, 0.2) is 18.7 Å². The van der Waals surface area contributed by atoms with Crippen LogP contribution in [-0.2, 0) is 5.60 Å². The molecule has 2 aliphatic rings. The minimum absolute atomic E-state index is 0.718. The van der Waals surface area contributed by atoms with Crippen LogP contribution in [-0.4, -0.2) is 39.1 Å². The number of β-amino-alcohol motifs (C(OH)–C–C–N with tert-alkyl or cyclic N) is 1. The number of hydrogen-bond acceptors (Lipinski definition) is 4. The number of hydrogen-bond donors (Lipinski definition) is 1. The van der Waals surface area contributed by atoms with Gasteiger partial charge in [-0.15, -0.1) is 0 Å². The van der Waals surface area contributed by atoms with Crippen molar-refractivity contribution in [2.75, 3.05) is 13.1 Å². The molecule has 4 heteroatoms. The summed E-state index contributed by atoms with van der Waals surface area (Å²) in [5.74, 6) is 0. The zero-order valence-corrected chi connectivity index (χ0v) is 8.63. The fourth-order valence-electron chi connectivity index (χ4n) is 2.35. The first kappa shape index (κ1) is 9.24. The van der Waals surface area contributed by atoms with Gasteiger partial charge in [0.2, 0.25) is 0 Å². The van der Waals surface area contributed by atoms with Crippen molar-refractivity contribution in [1.82, 2.24) is 14.9 Å². The Hall–Kier alpha value is -1.00. The first-order valence-electron chi connectivity index (χ1n) is 5.50. The SMILES string of the molecule is OC1(c2cncnc2)CCN(C2CC2)C1. The minimum atomic E-state index is -0.718. The monoisotopic (exact) mass is 205 g/mol. The molecule has 1 aliphatic carbocycles. The van der Waals surface area contributed by atoms with Gasteiger partial charge in [-0.1, -0.05) is 0 Å². The second kappa shape index (κ2) is 3.25. The van der Waals surface area contributed by atoms with Crippen molar-refractivity contribution in [2.24, 2.45) is 0 Å². The van der Waals surface area contributed by atoms with Crippen molar-refractivity contribution in [2.45, 2.75) is 30.9 Å². The van der Waals surface area contributed by atoms with E-state index in [0.717, 1.165) is 31.1 Å². The van der Waals surface area contributed by atoms with E-state index in [0.29, 0.717) is 0 Å². The van der Waals surface area contributed by atoms with Crippen LogP contribution in [0.3, 0.4) is 0 Å². The summed E-state index contributed by atoms with van der Waals surface area (Å²) >= 11 is 0. The van der Waals surface area contributed by atoms with Gasteiger partial charge in [0.15, 0.2) is 0 Å².